The maximum absolute atomic E-state index is 9.93. The zero-order chi connectivity index (χ0) is 13.0. The van der Waals surface area contributed by atoms with Gasteiger partial charge in [0.1, 0.15) is 18.3 Å². The smallest absolute Gasteiger partial charge is 0.186 e. The summed E-state index contributed by atoms with van der Waals surface area (Å²) >= 11 is 0. The van der Waals surface area contributed by atoms with Crippen LogP contribution in [-0.4, -0.2) is 55.6 Å². The Hall–Kier alpha value is -0.200. The molecule has 0 spiro atoms. The third kappa shape index (κ3) is 4.19. The van der Waals surface area contributed by atoms with Crippen LogP contribution in [0.5, 0.6) is 0 Å². The second kappa shape index (κ2) is 6.66. The van der Waals surface area contributed by atoms with Crippen molar-refractivity contribution in [1.29, 1.82) is 0 Å². The number of rotatable bonds is 5. The van der Waals surface area contributed by atoms with Crippen molar-refractivity contribution >= 4 is 0 Å². The molecule has 0 aromatic heterocycles. The molecule has 1 heterocycles. The van der Waals surface area contributed by atoms with E-state index in [1.165, 1.54) is 0 Å². The van der Waals surface area contributed by atoms with Gasteiger partial charge >= 0.3 is 0 Å². The molecule has 0 amide bonds. The minimum atomic E-state index is -0.687. The minimum absolute atomic E-state index is 0.0171. The molecule has 0 saturated carbocycles. The lowest BCUT2D eigenvalue weighted by Gasteiger charge is -2.41. The molecular weight excluding hydrogens is 224 g/mol. The van der Waals surface area contributed by atoms with E-state index in [2.05, 4.69) is 0 Å². The van der Waals surface area contributed by atoms with Gasteiger partial charge in [-0.1, -0.05) is 0 Å². The Morgan fingerprint density at radius 2 is 1.59 bits per heavy atom. The van der Waals surface area contributed by atoms with Gasteiger partial charge in [0.2, 0.25) is 0 Å². The van der Waals surface area contributed by atoms with Crippen LogP contribution >= 0.6 is 0 Å². The lowest BCUT2D eigenvalue weighted by atomic mass is 10.0. The quantitative estimate of drug-likeness (QED) is 0.784. The molecule has 1 N–H and O–H groups in total. The van der Waals surface area contributed by atoms with E-state index in [9.17, 15) is 5.11 Å². The van der Waals surface area contributed by atoms with Crippen molar-refractivity contribution in [3.8, 4) is 0 Å². The first kappa shape index (κ1) is 14.9. The maximum atomic E-state index is 9.93. The van der Waals surface area contributed by atoms with Gasteiger partial charge in [-0.2, -0.15) is 0 Å². The van der Waals surface area contributed by atoms with Crippen LogP contribution in [0.15, 0.2) is 0 Å². The molecule has 5 nitrogen and oxygen atoms in total. The van der Waals surface area contributed by atoms with Gasteiger partial charge < -0.3 is 24.1 Å². The molecular formula is C12H24O5. The number of methoxy groups -OCH3 is 1. The van der Waals surface area contributed by atoms with Gasteiger partial charge in [0.25, 0.3) is 0 Å². The number of ether oxygens (including phenoxy) is 4. The third-order valence-corrected chi connectivity index (χ3v) is 2.49. The SMILES string of the molecule is CO[C@H]1OC[C@@H](O)[C@H](OC(C)C)[C@@H]1OC(C)C. The van der Waals surface area contributed by atoms with Gasteiger partial charge in [-0.15, -0.1) is 0 Å². The van der Waals surface area contributed by atoms with E-state index < -0.39 is 24.6 Å². The first-order chi connectivity index (χ1) is 7.95. The molecule has 0 aliphatic carbocycles. The van der Waals surface area contributed by atoms with E-state index in [4.69, 9.17) is 18.9 Å². The highest BCUT2D eigenvalue weighted by Gasteiger charge is 2.42. The fraction of sp³-hybridized carbons (Fsp3) is 1.00. The highest BCUT2D eigenvalue weighted by Crippen LogP contribution is 2.24. The minimum Gasteiger partial charge on any atom is -0.388 e. The number of hydrogen-bond acceptors (Lipinski definition) is 5. The van der Waals surface area contributed by atoms with Crippen molar-refractivity contribution in [2.45, 2.75) is 64.5 Å². The fourth-order valence-electron chi connectivity index (χ4n) is 1.90. The normalized spacial score (nSPS) is 34.6. The summed E-state index contributed by atoms with van der Waals surface area (Å²) in [5.41, 5.74) is 0. The Kier molecular flexibility index (Phi) is 5.82. The van der Waals surface area contributed by atoms with E-state index in [0.717, 1.165) is 0 Å². The number of aliphatic hydroxyl groups excluding tert-OH is 1. The summed E-state index contributed by atoms with van der Waals surface area (Å²) in [6.45, 7) is 7.92. The zero-order valence-corrected chi connectivity index (χ0v) is 11.3. The molecule has 0 radical (unpaired) electrons. The topological polar surface area (TPSA) is 57.2 Å². The van der Waals surface area contributed by atoms with Gasteiger partial charge in [-0.05, 0) is 27.7 Å². The lowest BCUT2D eigenvalue weighted by Crippen LogP contribution is -2.57. The standard InChI is InChI=1S/C12H24O5/c1-7(2)16-10-9(13)6-15-12(14-5)11(10)17-8(3)4/h7-13H,6H2,1-5H3/t9-,10+,11+,12+/m1/s1. The van der Waals surface area contributed by atoms with Gasteiger partial charge in [0.05, 0.1) is 18.8 Å². The summed E-state index contributed by atoms with van der Waals surface area (Å²) in [6, 6.07) is 0. The summed E-state index contributed by atoms with van der Waals surface area (Å²) in [4.78, 5) is 0. The Morgan fingerprint density at radius 3 is 2.06 bits per heavy atom. The number of hydrogen-bond donors (Lipinski definition) is 1. The Labute approximate surface area is 103 Å². The predicted molar refractivity (Wildman–Crippen MR) is 62.8 cm³/mol. The molecule has 1 rings (SSSR count). The molecule has 1 aliphatic rings. The van der Waals surface area contributed by atoms with Crippen LogP contribution < -0.4 is 0 Å². The van der Waals surface area contributed by atoms with Crippen molar-refractivity contribution in [3.05, 3.63) is 0 Å². The molecule has 0 bridgehead atoms. The average molecular weight is 248 g/mol. The van der Waals surface area contributed by atoms with Gasteiger partial charge in [-0.25, -0.2) is 0 Å². The monoisotopic (exact) mass is 248 g/mol. The largest absolute Gasteiger partial charge is 0.388 e. The molecule has 5 heteroatoms. The second-order valence-electron chi connectivity index (χ2n) is 4.80. The predicted octanol–water partition coefficient (Wildman–Crippen LogP) is 0.937. The first-order valence-corrected chi connectivity index (χ1v) is 6.09. The maximum Gasteiger partial charge on any atom is 0.186 e. The van der Waals surface area contributed by atoms with Crippen molar-refractivity contribution in [2.75, 3.05) is 13.7 Å². The molecule has 0 unspecified atom stereocenters. The summed E-state index contributed by atoms with van der Waals surface area (Å²) < 4.78 is 22.1. The molecule has 0 aromatic rings. The van der Waals surface area contributed by atoms with Crippen LogP contribution in [0.4, 0.5) is 0 Å². The summed E-state index contributed by atoms with van der Waals surface area (Å²) in [7, 11) is 1.56. The molecule has 1 fully saturated rings. The highest BCUT2D eigenvalue weighted by atomic mass is 16.7. The summed E-state index contributed by atoms with van der Waals surface area (Å²) in [5.74, 6) is 0. The van der Waals surface area contributed by atoms with Crippen LogP contribution in [0.1, 0.15) is 27.7 Å². The van der Waals surface area contributed by atoms with Crippen molar-refractivity contribution in [1.82, 2.24) is 0 Å². The Bertz CT molecular complexity index is 219. The van der Waals surface area contributed by atoms with Crippen molar-refractivity contribution in [2.24, 2.45) is 0 Å². The van der Waals surface area contributed by atoms with Crippen LogP contribution in [-0.2, 0) is 18.9 Å². The van der Waals surface area contributed by atoms with Crippen LogP contribution in [0.3, 0.4) is 0 Å². The molecule has 0 aromatic carbocycles. The van der Waals surface area contributed by atoms with E-state index in [1.807, 2.05) is 27.7 Å². The van der Waals surface area contributed by atoms with Gasteiger partial charge in [0, 0.05) is 7.11 Å². The Morgan fingerprint density at radius 1 is 1.06 bits per heavy atom. The Balaban J connectivity index is 2.75. The van der Waals surface area contributed by atoms with E-state index >= 15 is 0 Å². The summed E-state index contributed by atoms with van der Waals surface area (Å²) in [5, 5.41) is 9.93. The average Bonchev–Trinajstić information content (AvgIpc) is 2.22. The van der Waals surface area contributed by atoms with E-state index in [-0.39, 0.29) is 18.8 Å². The van der Waals surface area contributed by atoms with E-state index in [1.54, 1.807) is 7.11 Å². The first-order valence-electron chi connectivity index (χ1n) is 6.09. The lowest BCUT2D eigenvalue weighted by molar-refractivity contribution is -0.292. The summed E-state index contributed by atoms with van der Waals surface area (Å²) in [6.07, 6.45) is -1.98. The van der Waals surface area contributed by atoms with Gasteiger partial charge in [0.15, 0.2) is 6.29 Å². The molecule has 1 aliphatic heterocycles. The molecule has 4 atom stereocenters. The zero-order valence-electron chi connectivity index (χ0n) is 11.3. The van der Waals surface area contributed by atoms with Crippen LogP contribution in [0.2, 0.25) is 0 Å². The highest BCUT2D eigenvalue weighted by molar-refractivity contribution is 4.86. The van der Waals surface area contributed by atoms with Crippen molar-refractivity contribution in [3.63, 3.8) is 0 Å². The van der Waals surface area contributed by atoms with Crippen molar-refractivity contribution < 1.29 is 24.1 Å². The van der Waals surface area contributed by atoms with Crippen LogP contribution in [0, 0.1) is 0 Å². The van der Waals surface area contributed by atoms with Crippen LogP contribution in [0.25, 0.3) is 0 Å². The van der Waals surface area contributed by atoms with Gasteiger partial charge in [-0.3, -0.25) is 0 Å². The second-order valence-corrected chi connectivity index (χ2v) is 4.80. The fourth-order valence-corrected chi connectivity index (χ4v) is 1.90. The van der Waals surface area contributed by atoms with E-state index in [0.29, 0.717) is 0 Å². The molecule has 102 valence electrons. The number of aliphatic hydroxyl groups is 1. The molecule has 17 heavy (non-hydrogen) atoms. The molecule has 1 saturated heterocycles. The third-order valence-electron chi connectivity index (χ3n) is 2.49.